The molecule has 15 heteroatoms. The van der Waals surface area contributed by atoms with E-state index >= 15 is 0 Å². The third kappa shape index (κ3) is 12.8. The molecular weight excluding hydrogens is 673 g/mol. The minimum absolute atomic E-state index is 0.0838. The Morgan fingerprint density at radius 1 is 0.784 bits per heavy atom. The van der Waals surface area contributed by atoms with Crippen molar-refractivity contribution >= 4 is 29.8 Å². The van der Waals surface area contributed by atoms with Crippen LogP contribution in [0.3, 0.4) is 0 Å². The Morgan fingerprint density at radius 2 is 1.45 bits per heavy atom. The molecule has 0 fully saturated rings. The second-order valence-corrected chi connectivity index (χ2v) is 11.0. The predicted octanol–water partition coefficient (Wildman–Crippen LogP) is 5.59. The van der Waals surface area contributed by atoms with E-state index in [1.807, 2.05) is 55.5 Å². The van der Waals surface area contributed by atoms with Crippen LogP contribution in [0, 0.1) is 6.92 Å². The molecule has 0 spiro atoms. The van der Waals surface area contributed by atoms with Crippen molar-refractivity contribution in [2.45, 2.75) is 38.2 Å². The van der Waals surface area contributed by atoms with Crippen molar-refractivity contribution in [3.63, 3.8) is 0 Å². The second-order valence-electron chi connectivity index (χ2n) is 11.0. The van der Waals surface area contributed by atoms with Gasteiger partial charge in [-0.25, -0.2) is 29.1 Å². The van der Waals surface area contributed by atoms with Crippen molar-refractivity contribution < 1.29 is 51.6 Å². The van der Waals surface area contributed by atoms with Crippen LogP contribution in [0.1, 0.15) is 29.3 Å². The molecule has 1 aromatic heterocycles. The summed E-state index contributed by atoms with van der Waals surface area (Å²) in [6, 6.07) is 27.8. The first-order valence-corrected chi connectivity index (χ1v) is 15.6. The van der Waals surface area contributed by atoms with Crippen LogP contribution in [0.4, 0.5) is 23.8 Å². The van der Waals surface area contributed by atoms with Gasteiger partial charge in [0.15, 0.2) is 0 Å². The molecule has 3 aromatic carbocycles. The first-order valence-electron chi connectivity index (χ1n) is 15.6. The third-order valence-corrected chi connectivity index (χ3v) is 7.08. The average molecular weight is 709 g/mol. The van der Waals surface area contributed by atoms with E-state index in [4.69, 9.17) is 9.47 Å². The fourth-order valence-electron chi connectivity index (χ4n) is 4.60. The highest BCUT2D eigenvalue weighted by Gasteiger charge is 2.43. The Labute approximate surface area is 291 Å². The molecule has 3 N–H and O–H groups in total. The minimum atomic E-state index is -5.40. The number of aryl methyl sites for hydroxylation is 1. The van der Waals surface area contributed by atoms with Gasteiger partial charge in [0.05, 0.1) is 32.2 Å². The summed E-state index contributed by atoms with van der Waals surface area (Å²) in [5, 5.41) is 8.09. The fourth-order valence-corrected chi connectivity index (χ4v) is 4.60. The zero-order valence-corrected chi connectivity index (χ0v) is 27.4. The fraction of sp³-hybridized carbons (Fsp3) is 0.250. The van der Waals surface area contributed by atoms with E-state index in [9.17, 15) is 32.3 Å². The first kappa shape index (κ1) is 37.9. The van der Waals surface area contributed by atoms with Crippen LogP contribution in [0.5, 0.6) is 0 Å². The van der Waals surface area contributed by atoms with E-state index in [1.165, 1.54) is 0 Å². The Morgan fingerprint density at radius 3 is 2.12 bits per heavy atom. The third-order valence-electron chi connectivity index (χ3n) is 7.08. The molecule has 0 radical (unpaired) electrons. The van der Waals surface area contributed by atoms with Crippen LogP contribution in [-0.4, -0.2) is 60.9 Å². The standard InChI is InChI=1S/C36H35F3N4O8/c1-24-9-8-14-31(41-24)40-19-20-49-35(47)43-30(23-48-22-25-10-4-2-5-11-25)33(45)42-29(21-32(44)50-51-34(46)36(37,38)39)28-17-15-27(16-18-28)26-12-6-3-7-13-26/h2-18,29-30H,19-23H2,1H3,(H,40,41)(H,42,45)(H,43,47). The van der Waals surface area contributed by atoms with Crippen molar-refractivity contribution in [2.75, 3.05) is 25.1 Å². The van der Waals surface area contributed by atoms with Gasteiger partial charge in [-0.1, -0.05) is 91.0 Å². The number of hydrogen-bond donors (Lipinski definition) is 3. The van der Waals surface area contributed by atoms with Crippen LogP contribution < -0.4 is 16.0 Å². The van der Waals surface area contributed by atoms with Gasteiger partial charge in [-0.3, -0.25) is 4.79 Å². The quantitative estimate of drug-likeness (QED) is 0.0809. The molecule has 51 heavy (non-hydrogen) atoms. The lowest BCUT2D eigenvalue weighted by Gasteiger charge is -2.23. The highest BCUT2D eigenvalue weighted by molar-refractivity contribution is 5.86. The summed E-state index contributed by atoms with van der Waals surface area (Å²) in [4.78, 5) is 62.1. The highest BCUT2D eigenvalue weighted by Crippen LogP contribution is 2.24. The molecule has 2 atom stereocenters. The molecule has 4 aromatic rings. The largest absolute Gasteiger partial charge is 0.495 e. The van der Waals surface area contributed by atoms with E-state index < -0.39 is 48.6 Å². The Kier molecular flexibility index (Phi) is 13.9. The second kappa shape index (κ2) is 18.7. The molecule has 4 rings (SSSR count). The molecule has 1 heterocycles. The van der Waals surface area contributed by atoms with E-state index in [-0.39, 0.29) is 26.4 Å². The number of alkyl halides is 3. The summed E-state index contributed by atoms with van der Waals surface area (Å²) < 4.78 is 48.7. The number of pyridine rings is 1. The van der Waals surface area contributed by atoms with Crippen LogP contribution in [0.2, 0.25) is 0 Å². The zero-order valence-electron chi connectivity index (χ0n) is 27.4. The number of rotatable bonds is 15. The number of alkyl carbamates (subject to hydrolysis) is 1. The number of carbonyl (C=O) groups is 4. The van der Waals surface area contributed by atoms with Crippen molar-refractivity contribution in [3.8, 4) is 11.1 Å². The van der Waals surface area contributed by atoms with Gasteiger partial charge in [-0.05, 0) is 41.3 Å². The molecule has 0 aliphatic rings. The Bertz CT molecular complexity index is 1740. The lowest BCUT2D eigenvalue weighted by molar-refractivity contribution is -0.286. The minimum Gasteiger partial charge on any atom is -0.448 e. The van der Waals surface area contributed by atoms with Gasteiger partial charge in [0.2, 0.25) is 5.91 Å². The average Bonchev–Trinajstić information content (AvgIpc) is 3.12. The van der Waals surface area contributed by atoms with Gasteiger partial charge in [0, 0.05) is 5.69 Å². The molecule has 268 valence electrons. The molecule has 0 aliphatic carbocycles. The number of halogens is 3. The van der Waals surface area contributed by atoms with Gasteiger partial charge in [0.25, 0.3) is 0 Å². The number of aromatic nitrogens is 1. The summed E-state index contributed by atoms with van der Waals surface area (Å²) >= 11 is 0. The first-order chi connectivity index (χ1) is 24.5. The molecule has 0 bridgehead atoms. The molecular formula is C36H35F3N4O8. The number of carbonyl (C=O) groups excluding carboxylic acids is 4. The number of amides is 2. The van der Waals surface area contributed by atoms with Gasteiger partial charge in [-0.15, -0.1) is 0 Å². The van der Waals surface area contributed by atoms with Gasteiger partial charge in [0.1, 0.15) is 18.5 Å². The summed E-state index contributed by atoms with van der Waals surface area (Å²) in [6.45, 7) is 1.73. The summed E-state index contributed by atoms with van der Waals surface area (Å²) in [5.41, 5.74) is 3.62. The SMILES string of the molecule is Cc1cccc(NCCOC(=O)NC(COCc2ccccc2)C(=O)NC(CC(=O)OOC(=O)C(F)(F)F)c2ccc(-c3ccccc3)cc2)n1. The van der Waals surface area contributed by atoms with E-state index in [2.05, 4.69) is 30.7 Å². The van der Waals surface area contributed by atoms with Crippen molar-refractivity contribution in [1.29, 1.82) is 0 Å². The molecule has 0 saturated heterocycles. The molecule has 2 amide bonds. The highest BCUT2D eigenvalue weighted by atomic mass is 19.4. The van der Waals surface area contributed by atoms with Gasteiger partial charge in [-0.2, -0.15) is 13.2 Å². The smallest absolute Gasteiger partial charge is 0.448 e. The summed E-state index contributed by atoms with van der Waals surface area (Å²) in [5.74, 6) is -4.35. The number of hydrogen-bond acceptors (Lipinski definition) is 10. The summed E-state index contributed by atoms with van der Waals surface area (Å²) in [6.07, 6.45) is -7.09. The number of nitrogens with zero attached hydrogens (tertiary/aromatic N) is 1. The monoisotopic (exact) mass is 708 g/mol. The van der Waals surface area contributed by atoms with Crippen LogP contribution >= 0.6 is 0 Å². The Balaban J connectivity index is 1.46. The lowest BCUT2D eigenvalue weighted by Crippen LogP contribution is -2.50. The van der Waals surface area contributed by atoms with E-state index in [1.54, 1.807) is 54.6 Å². The number of benzene rings is 3. The molecule has 0 aliphatic heterocycles. The number of nitrogens with one attached hydrogen (secondary N) is 3. The van der Waals surface area contributed by atoms with Crippen molar-refractivity contribution in [2.24, 2.45) is 0 Å². The molecule has 2 unspecified atom stereocenters. The van der Waals surface area contributed by atoms with Crippen molar-refractivity contribution in [1.82, 2.24) is 15.6 Å². The Hall–Kier alpha value is -5.96. The number of anilines is 1. The maximum absolute atomic E-state index is 13.7. The zero-order chi connectivity index (χ0) is 36.6. The molecule has 0 saturated carbocycles. The predicted molar refractivity (Wildman–Crippen MR) is 177 cm³/mol. The molecule has 12 nitrogen and oxygen atoms in total. The van der Waals surface area contributed by atoms with Gasteiger partial charge >= 0.3 is 24.2 Å². The maximum Gasteiger partial charge on any atom is 0.495 e. The van der Waals surface area contributed by atoms with E-state index in [0.717, 1.165) is 22.4 Å². The maximum atomic E-state index is 13.7. The summed E-state index contributed by atoms with van der Waals surface area (Å²) in [7, 11) is 0. The van der Waals surface area contributed by atoms with Gasteiger partial charge < -0.3 is 25.4 Å². The van der Waals surface area contributed by atoms with Crippen LogP contribution in [0.25, 0.3) is 11.1 Å². The normalized spacial score (nSPS) is 12.2. The van der Waals surface area contributed by atoms with Crippen LogP contribution in [-0.2, 0) is 40.2 Å². The number of ether oxygens (including phenoxy) is 2. The van der Waals surface area contributed by atoms with Crippen molar-refractivity contribution in [3.05, 3.63) is 120 Å². The van der Waals surface area contributed by atoms with Crippen LogP contribution in [0.15, 0.2) is 103 Å². The topological polar surface area (TPSA) is 154 Å². The lowest BCUT2D eigenvalue weighted by atomic mass is 9.99. The van der Waals surface area contributed by atoms with E-state index in [0.29, 0.717) is 11.4 Å².